The van der Waals surface area contributed by atoms with Crippen LogP contribution >= 0.6 is 0 Å². The lowest BCUT2D eigenvalue weighted by atomic mass is 10.1. The van der Waals surface area contributed by atoms with Crippen molar-refractivity contribution in [3.8, 4) is 0 Å². The van der Waals surface area contributed by atoms with Crippen molar-refractivity contribution in [2.45, 2.75) is 30.5 Å². The van der Waals surface area contributed by atoms with E-state index in [1.165, 1.54) is 17.7 Å². The SMILES string of the molecule is O=S1C=Nc2ccc(CCCNCc3ccc(C(F)(F)F)cc3)cc21. The predicted molar refractivity (Wildman–Crippen MR) is 92.5 cm³/mol. The Bertz CT molecular complexity index is 801. The van der Waals surface area contributed by atoms with Gasteiger partial charge in [-0.2, -0.15) is 13.2 Å². The Kier molecular flexibility index (Phi) is 5.34. The third kappa shape index (κ3) is 4.55. The van der Waals surface area contributed by atoms with Gasteiger partial charge in [0, 0.05) is 6.54 Å². The number of halogens is 3. The summed E-state index contributed by atoms with van der Waals surface area (Å²) in [5.74, 6) is 0. The molecule has 2 aromatic rings. The number of rotatable bonds is 6. The molecule has 0 fully saturated rings. The van der Waals surface area contributed by atoms with Crippen LogP contribution in [0.25, 0.3) is 0 Å². The highest BCUT2D eigenvalue weighted by molar-refractivity contribution is 7.99. The van der Waals surface area contributed by atoms with E-state index >= 15 is 0 Å². The van der Waals surface area contributed by atoms with Gasteiger partial charge >= 0.3 is 6.18 Å². The second-order valence-corrected chi connectivity index (χ2v) is 7.05. The van der Waals surface area contributed by atoms with Gasteiger partial charge in [0.1, 0.15) is 0 Å². The molecular weight excluding hydrogens is 349 g/mol. The lowest BCUT2D eigenvalue weighted by molar-refractivity contribution is -0.137. The Labute approximate surface area is 146 Å². The molecule has 0 amide bonds. The van der Waals surface area contributed by atoms with Crippen LogP contribution in [0.5, 0.6) is 0 Å². The fraction of sp³-hybridized carbons (Fsp3) is 0.278. The number of hydrogen-bond donors (Lipinski definition) is 1. The van der Waals surface area contributed by atoms with Crippen LogP contribution in [0.1, 0.15) is 23.1 Å². The van der Waals surface area contributed by atoms with Crippen LogP contribution in [0.4, 0.5) is 18.9 Å². The van der Waals surface area contributed by atoms with E-state index in [0.717, 1.165) is 53.2 Å². The molecule has 1 unspecified atom stereocenters. The number of fused-ring (bicyclic) bond motifs is 1. The molecule has 1 heterocycles. The van der Waals surface area contributed by atoms with Crippen molar-refractivity contribution in [1.82, 2.24) is 5.32 Å². The van der Waals surface area contributed by atoms with Crippen LogP contribution in [0, 0.1) is 0 Å². The van der Waals surface area contributed by atoms with Gasteiger partial charge in [0.05, 0.1) is 32.5 Å². The zero-order valence-corrected chi connectivity index (χ0v) is 14.2. The molecule has 0 saturated heterocycles. The molecule has 0 aliphatic carbocycles. The molecule has 1 atom stereocenters. The summed E-state index contributed by atoms with van der Waals surface area (Å²) in [6.07, 6.45) is -2.58. The van der Waals surface area contributed by atoms with Crippen molar-refractivity contribution in [2.75, 3.05) is 6.54 Å². The van der Waals surface area contributed by atoms with Crippen molar-refractivity contribution >= 4 is 22.0 Å². The van der Waals surface area contributed by atoms with Gasteiger partial charge in [-0.1, -0.05) is 18.2 Å². The number of hydrogen-bond acceptors (Lipinski definition) is 3. The maximum Gasteiger partial charge on any atom is 0.416 e. The van der Waals surface area contributed by atoms with Gasteiger partial charge in [-0.15, -0.1) is 0 Å². The first-order chi connectivity index (χ1) is 11.9. The number of aryl methyl sites for hydroxylation is 1. The minimum absolute atomic E-state index is 0.528. The summed E-state index contributed by atoms with van der Waals surface area (Å²) in [7, 11) is -1.14. The Morgan fingerprint density at radius 3 is 2.48 bits per heavy atom. The normalized spacial score (nSPS) is 16.2. The van der Waals surface area contributed by atoms with Crippen LogP contribution < -0.4 is 5.32 Å². The van der Waals surface area contributed by atoms with Gasteiger partial charge in [0.25, 0.3) is 0 Å². The monoisotopic (exact) mass is 366 g/mol. The standard InChI is InChI=1S/C18H17F3N2OS/c19-18(20,21)15-6-3-14(4-7-15)11-22-9-1-2-13-5-8-16-17(10-13)25(24)12-23-16/h3-8,10,12,22H,1-2,9,11H2. The molecule has 3 rings (SSSR count). The Morgan fingerprint density at radius 2 is 1.76 bits per heavy atom. The molecular formula is C18H17F3N2OS. The number of nitrogens with one attached hydrogen (secondary N) is 1. The molecule has 1 aliphatic rings. The topological polar surface area (TPSA) is 41.5 Å². The second kappa shape index (κ2) is 7.49. The van der Waals surface area contributed by atoms with Gasteiger partial charge in [-0.25, -0.2) is 9.20 Å². The van der Waals surface area contributed by atoms with Crippen molar-refractivity contribution in [1.29, 1.82) is 0 Å². The molecule has 132 valence electrons. The molecule has 0 spiro atoms. The van der Waals surface area contributed by atoms with E-state index in [4.69, 9.17) is 0 Å². The van der Waals surface area contributed by atoms with Crippen LogP contribution in [0.2, 0.25) is 0 Å². The molecule has 1 N–H and O–H groups in total. The van der Waals surface area contributed by atoms with Gasteiger partial charge in [0.15, 0.2) is 0 Å². The smallest absolute Gasteiger partial charge is 0.313 e. The maximum atomic E-state index is 12.5. The number of alkyl halides is 3. The highest BCUT2D eigenvalue weighted by Gasteiger charge is 2.29. The van der Waals surface area contributed by atoms with Gasteiger partial charge in [0.2, 0.25) is 0 Å². The van der Waals surface area contributed by atoms with E-state index in [0.29, 0.717) is 6.54 Å². The van der Waals surface area contributed by atoms with Gasteiger partial charge < -0.3 is 5.32 Å². The highest BCUT2D eigenvalue weighted by atomic mass is 32.2. The quantitative estimate of drug-likeness (QED) is 0.778. The molecule has 0 saturated carbocycles. The summed E-state index contributed by atoms with van der Waals surface area (Å²) in [6.45, 7) is 1.28. The van der Waals surface area contributed by atoms with Crippen LogP contribution in [-0.4, -0.2) is 16.3 Å². The number of nitrogens with zero attached hydrogens (tertiary/aromatic N) is 1. The number of aliphatic imine (C=N–C) groups is 1. The fourth-order valence-electron chi connectivity index (χ4n) is 2.61. The molecule has 25 heavy (non-hydrogen) atoms. The van der Waals surface area contributed by atoms with Crippen molar-refractivity contribution in [3.05, 3.63) is 59.2 Å². The third-order valence-electron chi connectivity index (χ3n) is 3.96. The molecule has 2 aromatic carbocycles. The maximum absolute atomic E-state index is 12.5. The van der Waals surface area contributed by atoms with E-state index in [9.17, 15) is 17.4 Å². The van der Waals surface area contributed by atoms with Crippen molar-refractivity contribution in [3.63, 3.8) is 0 Å². The first kappa shape index (κ1) is 17.8. The van der Waals surface area contributed by atoms with Crippen molar-refractivity contribution < 1.29 is 17.4 Å². The molecule has 0 radical (unpaired) electrons. The average Bonchev–Trinajstić information content (AvgIpc) is 2.95. The average molecular weight is 366 g/mol. The van der Waals surface area contributed by atoms with E-state index in [1.807, 2.05) is 18.2 Å². The Hall–Kier alpha value is -1.99. The van der Waals surface area contributed by atoms with Crippen molar-refractivity contribution in [2.24, 2.45) is 4.99 Å². The first-order valence-electron chi connectivity index (χ1n) is 7.88. The van der Waals surface area contributed by atoms with E-state index in [2.05, 4.69) is 10.3 Å². The molecule has 0 bridgehead atoms. The molecule has 1 aliphatic heterocycles. The minimum atomic E-state index is -4.30. The van der Waals surface area contributed by atoms with E-state index in [-0.39, 0.29) is 0 Å². The van der Waals surface area contributed by atoms with Crippen LogP contribution in [-0.2, 0) is 29.9 Å². The minimum Gasteiger partial charge on any atom is -0.313 e. The van der Waals surface area contributed by atoms with E-state index in [1.54, 1.807) is 0 Å². The van der Waals surface area contributed by atoms with Crippen LogP contribution in [0.3, 0.4) is 0 Å². The lowest BCUT2D eigenvalue weighted by Crippen LogP contribution is -2.15. The van der Waals surface area contributed by atoms with Gasteiger partial charge in [-0.3, -0.25) is 0 Å². The lowest BCUT2D eigenvalue weighted by Gasteiger charge is -2.09. The molecule has 7 heteroatoms. The summed E-state index contributed by atoms with van der Waals surface area (Å²) in [6, 6.07) is 11.0. The largest absolute Gasteiger partial charge is 0.416 e. The third-order valence-corrected chi connectivity index (χ3v) is 5.02. The Morgan fingerprint density at radius 1 is 1.04 bits per heavy atom. The van der Waals surface area contributed by atoms with Gasteiger partial charge in [-0.05, 0) is 54.8 Å². The number of benzene rings is 2. The zero-order chi connectivity index (χ0) is 17.9. The summed E-state index contributed by atoms with van der Waals surface area (Å²) in [5.41, 5.74) is 3.50. The van der Waals surface area contributed by atoms with E-state index < -0.39 is 22.5 Å². The summed E-state index contributed by atoms with van der Waals surface area (Å²) in [5, 5.41) is 3.23. The summed E-state index contributed by atoms with van der Waals surface area (Å²) in [4.78, 5) is 4.84. The highest BCUT2D eigenvalue weighted by Crippen LogP contribution is 2.29. The van der Waals surface area contributed by atoms with Crippen LogP contribution in [0.15, 0.2) is 52.4 Å². The predicted octanol–water partition coefficient (Wildman–Crippen LogP) is 4.21. The second-order valence-electron chi connectivity index (χ2n) is 5.81. The fourth-order valence-corrected chi connectivity index (χ4v) is 3.52. The first-order valence-corrected chi connectivity index (χ1v) is 9.09. The Balaban J connectivity index is 1.42. The summed E-state index contributed by atoms with van der Waals surface area (Å²) < 4.78 is 49.2. The molecule has 3 nitrogen and oxygen atoms in total. The zero-order valence-electron chi connectivity index (χ0n) is 13.3. The summed E-state index contributed by atoms with van der Waals surface area (Å²) >= 11 is 0. The molecule has 0 aromatic heterocycles.